The van der Waals surface area contributed by atoms with Gasteiger partial charge in [0.25, 0.3) is 0 Å². The first-order valence-corrected chi connectivity index (χ1v) is 5.31. The van der Waals surface area contributed by atoms with Crippen LogP contribution in [0.3, 0.4) is 0 Å². The molecule has 0 unspecified atom stereocenters. The first-order chi connectivity index (χ1) is 7.79. The van der Waals surface area contributed by atoms with E-state index in [0.717, 1.165) is 5.69 Å². The van der Waals surface area contributed by atoms with Gasteiger partial charge >= 0.3 is 0 Å². The summed E-state index contributed by atoms with van der Waals surface area (Å²) >= 11 is 0. The van der Waals surface area contributed by atoms with Gasteiger partial charge in [-0.1, -0.05) is 6.08 Å². The van der Waals surface area contributed by atoms with Gasteiger partial charge in [0.2, 0.25) is 5.91 Å². The second-order valence-electron chi connectivity index (χ2n) is 3.26. The molecule has 0 spiro atoms. The highest BCUT2D eigenvalue weighted by Crippen LogP contribution is 2.11. The Bertz CT molecular complexity index is 337. The van der Waals surface area contributed by atoms with Crippen LogP contribution in [0.4, 0.5) is 5.69 Å². The van der Waals surface area contributed by atoms with Gasteiger partial charge in [0.15, 0.2) is 0 Å². The van der Waals surface area contributed by atoms with E-state index in [1.54, 1.807) is 23.4 Å². The standard InChI is InChI=1S/C12H17N3O/c1-3-7-14-10-12(16)15(4-2)11-5-8-13-9-6-11/h3,5-6,8-9,14H,1,4,7,10H2,2H3. The number of pyridine rings is 1. The van der Waals surface area contributed by atoms with Crippen molar-refractivity contribution in [2.45, 2.75) is 6.92 Å². The SMILES string of the molecule is C=CCNCC(=O)N(CC)c1ccncc1. The number of nitrogens with one attached hydrogen (secondary N) is 1. The van der Waals surface area contributed by atoms with Crippen LogP contribution in [0, 0.1) is 0 Å². The first-order valence-electron chi connectivity index (χ1n) is 5.31. The zero-order valence-electron chi connectivity index (χ0n) is 9.52. The van der Waals surface area contributed by atoms with Crippen LogP contribution in [0.2, 0.25) is 0 Å². The molecule has 1 amide bonds. The van der Waals surface area contributed by atoms with E-state index >= 15 is 0 Å². The molecule has 0 bridgehead atoms. The summed E-state index contributed by atoms with van der Waals surface area (Å²) in [6.07, 6.45) is 5.10. The minimum atomic E-state index is 0.0514. The van der Waals surface area contributed by atoms with Crippen molar-refractivity contribution in [2.24, 2.45) is 0 Å². The summed E-state index contributed by atoms with van der Waals surface area (Å²) in [5.74, 6) is 0.0514. The molecule has 86 valence electrons. The van der Waals surface area contributed by atoms with Gasteiger partial charge in [-0.2, -0.15) is 0 Å². The predicted octanol–water partition coefficient (Wildman–Crippen LogP) is 1.21. The molecule has 0 aliphatic carbocycles. The van der Waals surface area contributed by atoms with Gasteiger partial charge < -0.3 is 10.2 Å². The monoisotopic (exact) mass is 219 g/mol. The average Bonchev–Trinajstić information content (AvgIpc) is 2.32. The van der Waals surface area contributed by atoms with E-state index < -0.39 is 0 Å². The summed E-state index contributed by atoms with van der Waals surface area (Å²) in [6, 6.07) is 3.66. The highest BCUT2D eigenvalue weighted by Gasteiger charge is 2.12. The number of hydrogen-bond donors (Lipinski definition) is 1. The Kier molecular flexibility index (Phi) is 5.22. The highest BCUT2D eigenvalue weighted by atomic mass is 16.2. The molecule has 1 aromatic rings. The number of likely N-dealkylation sites (N-methyl/N-ethyl adjacent to an activating group) is 1. The first kappa shape index (κ1) is 12.4. The van der Waals surface area contributed by atoms with Gasteiger partial charge in [0.05, 0.1) is 6.54 Å². The zero-order valence-corrected chi connectivity index (χ0v) is 9.52. The summed E-state index contributed by atoms with van der Waals surface area (Å²) in [4.78, 5) is 17.5. The maximum atomic E-state index is 11.9. The Hall–Kier alpha value is -1.68. The van der Waals surface area contributed by atoms with Crippen LogP contribution in [0.5, 0.6) is 0 Å². The van der Waals surface area contributed by atoms with E-state index in [9.17, 15) is 4.79 Å². The molecule has 1 rings (SSSR count). The lowest BCUT2D eigenvalue weighted by Crippen LogP contribution is -2.38. The van der Waals surface area contributed by atoms with Crippen molar-refractivity contribution in [3.63, 3.8) is 0 Å². The van der Waals surface area contributed by atoms with Gasteiger partial charge in [-0.05, 0) is 19.1 Å². The molecule has 0 aliphatic heterocycles. The molecule has 0 saturated heterocycles. The molecular formula is C12H17N3O. The molecule has 0 radical (unpaired) electrons. The van der Waals surface area contributed by atoms with Crippen LogP contribution in [0.15, 0.2) is 37.2 Å². The van der Waals surface area contributed by atoms with E-state index in [2.05, 4.69) is 16.9 Å². The van der Waals surface area contributed by atoms with Crippen molar-refractivity contribution in [1.29, 1.82) is 0 Å². The number of rotatable bonds is 6. The topological polar surface area (TPSA) is 45.2 Å². The third-order valence-corrected chi connectivity index (χ3v) is 2.16. The lowest BCUT2D eigenvalue weighted by Gasteiger charge is -2.20. The molecule has 0 aliphatic rings. The fourth-order valence-corrected chi connectivity index (χ4v) is 1.40. The van der Waals surface area contributed by atoms with Crippen LogP contribution in [-0.2, 0) is 4.79 Å². The van der Waals surface area contributed by atoms with Crippen molar-refractivity contribution < 1.29 is 4.79 Å². The molecule has 1 N–H and O–H groups in total. The number of amides is 1. The van der Waals surface area contributed by atoms with Crippen LogP contribution < -0.4 is 10.2 Å². The number of carbonyl (C=O) groups is 1. The van der Waals surface area contributed by atoms with Crippen LogP contribution >= 0.6 is 0 Å². The summed E-state index contributed by atoms with van der Waals surface area (Å²) in [5.41, 5.74) is 0.878. The molecular weight excluding hydrogens is 202 g/mol. The van der Waals surface area contributed by atoms with Gasteiger partial charge in [0, 0.05) is 31.2 Å². The van der Waals surface area contributed by atoms with Crippen molar-refractivity contribution in [1.82, 2.24) is 10.3 Å². The molecule has 0 atom stereocenters. The molecule has 1 heterocycles. The molecule has 0 fully saturated rings. The van der Waals surface area contributed by atoms with Crippen molar-refractivity contribution >= 4 is 11.6 Å². The van der Waals surface area contributed by atoms with E-state index in [-0.39, 0.29) is 5.91 Å². The Morgan fingerprint density at radius 1 is 1.56 bits per heavy atom. The highest BCUT2D eigenvalue weighted by molar-refractivity contribution is 5.94. The van der Waals surface area contributed by atoms with Crippen molar-refractivity contribution in [3.05, 3.63) is 37.2 Å². The van der Waals surface area contributed by atoms with Gasteiger partial charge in [-0.15, -0.1) is 6.58 Å². The molecule has 1 aromatic heterocycles. The molecule has 16 heavy (non-hydrogen) atoms. The van der Waals surface area contributed by atoms with E-state index in [4.69, 9.17) is 0 Å². The van der Waals surface area contributed by atoms with E-state index in [1.807, 2.05) is 19.1 Å². The third-order valence-electron chi connectivity index (χ3n) is 2.16. The van der Waals surface area contributed by atoms with Crippen LogP contribution in [-0.4, -0.2) is 30.5 Å². The quantitative estimate of drug-likeness (QED) is 0.578. The fourth-order valence-electron chi connectivity index (χ4n) is 1.40. The number of aromatic nitrogens is 1. The third kappa shape index (κ3) is 3.47. The average molecular weight is 219 g/mol. The van der Waals surface area contributed by atoms with Crippen molar-refractivity contribution in [2.75, 3.05) is 24.5 Å². The normalized spacial score (nSPS) is 9.81. The Balaban J connectivity index is 2.60. The van der Waals surface area contributed by atoms with Gasteiger partial charge in [-0.3, -0.25) is 9.78 Å². The predicted molar refractivity (Wildman–Crippen MR) is 65.3 cm³/mol. The smallest absolute Gasteiger partial charge is 0.240 e. The maximum absolute atomic E-state index is 11.9. The minimum Gasteiger partial charge on any atom is -0.311 e. The van der Waals surface area contributed by atoms with Crippen molar-refractivity contribution in [3.8, 4) is 0 Å². The molecule has 0 aromatic carbocycles. The second kappa shape index (κ2) is 6.74. The summed E-state index contributed by atoms with van der Waals surface area (Å²) in [7, 11) is 0. The van der Waals surface area contributed by atoms with Gasteiger partial charge in [-0.25, -0.2) is 0 Å². The Labute approximate surface area is 96.0 Å². The molecule has 0 saturated carbocycles. The van der Waals surface area contributed by atoms with Gasteiger partial charge in [0.1, 0.15) is 0 Å². The molecule has 4 heteroatoms. The Morgan fingerprint density at radius 3 is 2.81 bits per heavy atom. The zero-order chi connectivity index (χ0) is 11.8. The van der Waals surface area contributed by atoms with E-state index in [1.165, 1.54) is 0 Å². The minimum absolute atomic E-state index is 0.0514. The number of hydrogen-bond acceptors (Lipinski definition) is 3. The summed E-state index contributed by atoms with van der Waals surface area (Å²) in [6.45, 7) is 7.15. The number of nitrogens with zero attached hydrogens (tertiary/aromatic N) is 2. The summed E-state index contributed by atoms with van der Waals surface area (Å²) < 4.78 is 0. The van der Waals surface area contributed by atoms with E-state index in [0.29, 0.717) is 19.6 Å². The Morgan fingerprint density at radius 2 is 2.25 bits per heavy atom. The summed E-state index contributed by atoms with van der Waals surface area (Å²) in [5, 5.41) is 2.99. The van der Waals surface area contributed by atoms with Crippen LogP contribution in [0.1, 0.15) is 6.92 Å². The van der Waals surface area contributed by atoms with Crippen LogP contribution in [0.25, 0.3) is 0 Å². The molecule has 4 nitrogen and oxygen atoms in total. The lowest BCUT2D eigenvalue weighted by atomic mass is 10.3. The second-order valence-corrected chi connectivity index (χ2v) is 3.26. The largest absolute Gasteiger partial charge is 0.311 e. The fraction of sp³-hybridized carbons (Fsp3) is 0.333. The lowest BCUT2D eigenvalue weighted by molar-refractivity contribution is -0.117. The maximum Gasteiger partial charge on any atom is 0.240 e. The number of carbonyl (C=O) groups excluding carboxylic acids is 1. The number of anilines is 1.